The number of nitrogens with zero attached hydrogens (tertiary/aromatic N) is 1. The van der Waals surface area contributed by atoms with E-state index >= 15 is 0 Å². The number of aliphatic imine (C=N–C) groups is 1. The van der Waals surface area contributed by atoms with Crippen molar-refractivity contribution in [1.82, 2.24) is 0 Å². The molecule has 2 aliphatic heterocycles. The smallest absolute Gasteiger partial charge is 0.416 e. The Morgan fingerprint density at radius 2 is 1.89 bits per heavy atom. The van der Waals surface area contributed by atoms with Crippen LogP contribution in [0.3, 0.4) is 0 Å². The number of fused-ring (bicyclic) bond motifs is 1. The molecule has 0 aromatic heterocycles. The number of hydrogen-bond donors (Lipinski definition) is 1. The van der Waals surface area contributed by atoms with Crippen LogP contribution in [0.25, 0.3) is 0 Å². The molecule has 2 aromatic rings. The minimum absolute atomic E-state index is 0.0370. The van der Waals surface area contributed by atoms with Gasteiger partial charge in [-0.05, 0) is 55.7 Å². The summed E-state index contributed by atoms with van der Waals surface area (Å²) in [5.74, 6) is -1.29. The van der Waals surface area contributed by atoms with Gasteiger partial charge in [0.25, 0.3) is 0 Å². The standard InChI is InChI=1S/C25H20ClF3N2O4/c1-12-21(24(33)31-17-10-14(25(27,28)29)6-7-15(17)26)22(23-16(30-12)3-2-4-18(23)32)13-5-8-19-20(9-13)35-11-34-19/h5-10,21-22H,2-4,11H2,1H3,(H,31,33)/t21?,22-/m0/s1. The van der Waals surface area contributed by atoms with Gasteiger partial charge < -0.3 is 14.8 Å². The number of alkyl halides is 3. The molecule has 10 heteroatoms. The van der Waals surface area contributed by atoms with Crippen molar-refractivity contribution in [2.75, 3.05) is 12.1 Å². The number of benzene rings is 2. The predicted octanol–water partition coefficient (Wildman–Crippen LogP) is 5.91. The molecule has 6 nitrogen and oxygen atoms in total. The number of Topliss-reactive ketones (excluding diaryl/α,β-unsaturated/α-hetero) is 1. The lowest BCUT2D eigenvalue weighted by Crippen LogP contribution is -2.39. The van der Waals surface area contributed by atoms with Crippen molar-refractivity contribution in [3.05, 3.63) is 63.8 Å². The molecule has 1 unspecified atom stereocenters. The molecular weight excluding hydrogens is 485 g/mol. The number of amides is 1. The van der Waals surface area contributed by atoms with Gasteiger partial charge in [-0.2, -0.15) is 13.2 Å². The van der Waals surface area contributed by atoms with Gasteiger partial charge in [0.2, 0.25) is 12.7 Å². The van der Waals surface area contributed by atoms with Crippen molar-refractivity contribution in [3.63, 3.8) is 0 Å². The molecule has 0 radical (unpaired) electrons. The van der Waals surface area contributed by atoms with E-state index in [1.54, 1.807) is 25.1 Å². The van der Waals surface area contributed by atoms with E-state index in [0.29, 0.717) is 53.3 Å². The number of ether oxygens (including phenoxy) is 2. The summed E-state index contributed by atoms with van der Waals surface area (Å²) in [6.07, 6.45) is -3.00. The van der Waals surface area contributed by atoms with E-state index < -0.39 is 29.5 Å². The van der Waals surface area contributed by atoms with Crippen LogP contribution in [0.2, 0.25) is 5.02 Å². The number of carbonyl (C=O) groups excluding carboxylic acids is 2. The first-order valence-electron chi connectivity index (χ1n) is 11.0. The molecular formula is C25H20ClF3N2O4. The number of halogens is 4. The molecule has 2 heterocycles. The summed E-state index contributed by atoms with van der Waals surface area (Å²) >= 11 is 6.11. The highest BCUT2D eigenvalue weighted by Crippen LogP contribution is 2.46. The van der Waals surface area contributed by atoms with Gasteiger partial charge in [-0.15, -0.1) is 0 Å². The zero-order chi connectivity index (χ0) is 24.9. The molecule has 0 saturated heterocycles. The Bertz CT molecular complexity index is 1300. The van der Waals surface area contributed by atoms with Crippen LogP contribution >= 0.6 is 11.6 Å². The van der Waals surface area contributed by atoms with Crippen molar-refractivity contribution in [2.45, 2.75) is 38.3 Å². The number of carbonyl (C=O) groups is 2. The topological polar surface area (TPSA) is 77.0 Å². The van der Waals surface area contributed by atoms with Gasteiger partial charge >= 0.3 is 6.18 Å². The lowest BCUT2D eigenvalue weighted by molar-refractivity contribution is -0.137. The molecule has 2 aromatic carbocycles. The second-order valence-electron chi connectivity index (χ2n) is 8.64. The van der Waals surface area contributed by atoms with E-state index in [9.17, 15) is 22.8 Å². The zero-order valence-electron chi connectivity index (χ0n) is 18.5. The SMILES string of the molecule is CC1=NC2=C(C(=O)CCC2)[C@@H](c2ccc3c(c2)OCO3)C1C(=O)Nc1cc(C(F)(F)F)ccc1Cl. The van der Waals surface area contributed by atoms with Crippen LogP contribution < -0.4 is 14.8 Å². The minimum atomic E-state index is -4.60. The monoisotopic (exact) mass is 504 g/mol. The van der Waals surface area contributed by atoms with Gasteiger partial charge in [0.15, 0.2) is 17.3 Å². The molecule has 1 N–H and O–H groups in total. The largest absolute Gasteiger partial charge is 0.454 e. The van der Waals surface area contributed by atoms with Crippen molar-refractivity contribution >= 4 is 34.7 Å². The van der Waals surface area contributed by atoms with Crippen LogP contribution in [0.15, 0.2) is 52.7 Å². The lowest BCUT2D eigenvalue weighted by atomic mass is 9.71. The molecule has 5 rings (SSSR count). The van der Waals surface area contributed by atoms with E-state index in [0.717, 1.165) is 18.2 Å². The Kier molecular flexibility index (Phi) is 5.83. The molecule has 1 aliphatic carbocycles. The fourth-order valence-corrected chi connectivity index (χ4v) is 4.99. The first-order valence-corrected chi connectivity index (χ1v) is 11.4. The molecule has 0 bridgehead atoms. The fourth-order valence-electron chi connectivity index (χ4n) is 4.82. The average Bonchev–Trinajstić information content (AvgIpc) is 3.27. The Balaban J connectivity index is 1.56. The maximum absolute atomic E-state index is 13.6. The number of anilines is 1. The van der Waals surface area contributed by atoms with Gasteiger partial charge in [-0.1, -0.05) is 17.7 Å². The van der Waals surface area contributed by atoms with E-state index in [1.165, 1.54) is 0 Å². The minimum Gasteiger partial charge on any atom is -0.454 e. The second-order valence-corrected chi connectivity index (χ2v) is 9.05. The zero-order valence-corrected chi connectivity index (χ0v) is 19.3. The highest BCUT2D eigenvalue weighted by molar-refractivity contribution is 6.34. The summed E-state index contributed by atoms with van der Waals surface area (Å²) in [5.41, 5.74) is 1.10. The fraction of sp³-hybridized carbons (Fsp3) is 0.320. The lowest BCUT2D eigenvalue weighted by Gasteiger charge is -2.35. The van der Waals surface area contributed by atoms with Gasteiger partial charge in [0.05, 0.1) is 22.2 Å². The summed E-state index contributed by atoms with van der Waals surface area (Å²) in [4.78, 5) is 31.2. The molecule has 3 aliphatic rings. The van der Waals surface area contributed by atoms with Crippen LogP contribution in [-0.2, 0) is 15.8 Å². The average molecular weight is 505 g/mol. The number of allylic oxidation sites excluding steroid dienone is 2. The Labute approximate surface area is 203 Å². The Morgan fingerprint density at radius 1 is 1.11 bits per heavy atom. The van der Waals surface area contributed by atoms with Crippen LogP contribution in [-0.4, -0.2) is 24.2 Å². The van der Waals surface area contributed by atoms with Gasteiger partial charge in [0.1, 0.15) is 0 Å². The summed E-state index contributed by atoms with van der Waals surface area (Å²) in [6.45, 7) is 1.75. The Hall–Kier alpha value is -3.33. The number of ketones is 1. The molecule has 2 atom stereocenters. The highest BCUT2D eigenvalue weighted by Gasteiger charge is 2.43. The number of rotatable bonds is 3. The van der Waals surface area contributed by atoms with Crippen molar-refractivity contribution in [1.29, 1.82) is 0 Å². The van der Waals surface area contributed by atoms with Crippen LogP contribution in [0.5, 0.6) is 11.5 Å². The van der Waals surface area contributed by atoms with Gasteiger partial charge in [-0.3, -0.25) is 14.6 Å². The molecule has 0 spiro atoms. The summed E-state index contributed by atoms with van der Waals surface area (Å²) in [5, 5.41) is 2.51. The first kappa shape index (κ1) is 23.4. The Morgan fingerprint density at radius 3 is 2.66 bits per heavy atom. The van der Waals surface area contributed by atoms with Gasteiger partial charge in [0, 0.05) is 29.3 Å². The third-order valence-electron chi connectivity index (χ3n) is 6.42. The molecule has 35 heavy (non-hydrogen) atoms. The maximum Gasteiger partial charge on any atom is 0.416 e. The van der Waals surface area contributed by atoms with E-state index in [-0.39, 0.29) is 23.3 Å². The van der Waals surface area contributed by atoms with Crippen LogP contribution in [0, 0.1) is 5.92 Å². The number of nitrogens with one attached hydrogen (secondary N) is 1. The van der Waals surface area contributed by atoms with Crippen molar-refractivity contribution < 1.29 is 32.2 Å². The highest BCUT2D eigenvalue weighted by atomic mass is 35.5. The van der Waals surface area contributed by atoms with Gasteiger partial charge in [-0.25, -0.2) is 0 Å². The normalized spacial score (nSPS) is 21.5. The summed E-state index contributed by atoms with van der Waals surface area (Å²) in [6, 6.07) is 7.93. The number of hydrogen-bond acceptors (Lipinski definition) is 5. The maximum atomic E-state index is 13.6. The van der Waals surface area contributed by atoms with Crippen molar-refractivity contribution in [2.24, 2.45) is 10.9 Å². The molecule has 0 saturated carbocycles. The third-order valence-corrected chi connectivity index (χ3v) is 6.75. The quantitative estimate of drug-likeness (QED) is 0.564. The first-order chi connectivity index (χ1) is 16.6. The van der Waals surface area contributed by atoms with E-state index in [4.69, 9.17) is 21.1 Å². The second kappa shape index (κ2) is 8.71. The van der Waals surface area contributed by atoms with E-state index in [1.807, 2.05) is 0 Å². The molecule has 182 valence electrons. The van der Waals surface area contributed by atoms with Crippen molar-refractivity contribution in [3.8, 4) is 11.5 Å². The van der Waals surface area contributed by atoms with Crippen LogP contribution in [0.4, 0.5) is 18.9 Å². The molecule has 0 fully saturated rings. The third kappa shape index (κ3) is 4.29. The molecule has 1 amide bonds. The van der Waals surface area contributed by atoms with Crippen LogP contribution in [0.1, 0.15) is 43.2 Å². The summed E-state index contributed by atoms with van der Waals surface area (Å²) < 4.78 is 50.6. The summed E-state index contributed by atoms with van der Waals surface area (Å²) in [7, 11) is 0. The predicted molar refractivity (Wildman–Crippen MR) is 123 cm³/mol. The van der Waals surface area contributed by atoms with E-state index in [2.05, 4.69) is 10.3 Å².